The van der Waals surface area contributed by atoms with Gasteiger partial charge in [-0.15, -0.1) is 0 Å². The van der Waals surface area contributed by atoms with Gasteiger partial charge in [0, 0.05) is 54.8 Å². The van der Waals surface area contributed by atoms with Crippen molar-refractivity contribution >= 4 is 11.6 Å². The third-order valence-corrected chi connectivity index (χ3v) is 5.02. The molecule has 27 heavy (non-hydrogen) atoms. The van der Waals surface area contributed by atoms with Crippen LogP contribution in [0.4, 0.5) is 5.69 Å². The number of amides is 1. The Kier molecular flexibility index (Phi) is 4.64. The van der Waals surface area contributed by atoms with Gasteiger partial charge < -0.3 is 15.5 Å². The lowest BCUT2D eigenvalue weighted by Gasteiger charge is -2.34. The SMILES string of the molecule is CN1CCN(c2cccc(-c3c(-c4cc[nH]n4)[c]ccc3C(N)=O)c2)CC1. The smallest absolute Gasteiger partial charge is 0.249 e. The lowest BCUT2D eigenvalue weighted by Crippen LogP contribution is -2.44. The fourth-order valence-corrected chi connectivity index (χ4v) is 3.53. The summed E-state index contributed by atoms with van der Waals surface area (Å²) in [5.41, 5.74) is 10.5. The lowest BCUT2D eigenvalue weighted by molar-refractivity contribution is 0.100. The number of piperazine rings is 1. The van der Waals surface area contributed by atoms with E-state index in [0.29, 0.717) is 5.56 Å². The van der Waals surface area contributed by atoms with Crippen LogP contribution in [0.1, 0.15) is 10.4 Å². The highest BCUT2D eigenvalue weighted by molar-refractivity contribution is 6.03. The number of hydrogen-bond donors (Lipinski definition) is 2. The number of nitrogens with two attached hydrogens (primary N) is 1. The Bertz CT molecular complexity index is 943. The van der Waals surface area contributed by atoms with Crippen LogP contribution in [0.2, 0.25) is 0 Å². The first kappa shape index (κ1) is 17.3. The van der Waals surface area contributed by atoms with Gasteiger partial charge in [0.25, 0.3) is 0 Å². The van der Waals surface area contributed by atoms with Crippen molar-refractivity contribution in [2.45, 2.75) is 0 Å². The second kappa shape index (κ2) is 7.25. The first-order chi connectivity index (χ1) is 13.1. The predicted molar refractivity (Wildman–Crippen MR) is 107 cm³/mol. The number of nitrogens with one attached hydrogen (secondary N) is 1. The number of aromatic nitrogens is 2. The third-order valence-electron chi connectivity index (χ3n) is 5.02. The van der Waals surface area contributed by atoms with Crippen LogP contribution in [0.15, 0.2) is 48.7 Å². The Hall–Kier alpha value is -3.12. The van der Waals surface area contributed by atoms with E-state index < -0.39 is 5.91 Å². The molecule has 1 saturated heterocycles. The van der Waals surface area contributed by atoms with Crippen LogP contribution >= 0.6 is 0 Å². The minimum absolute atomic E-state index is 0.458. The van der Waals surface area contributed by atoms with Crippen molar-refractivity contribution < 1.29 is 4.79 Å². The van der Waals surface area contributed by atoms with Gasteiger partial charge in [-0.1, -0.05) is 18.2 Å². The highest BCUT2D eigenvalue weighted by atomic mass is 16.1. The maximum atomic E-state index is 12.1. The van der Waals surface area contributed by atoms with E-state index in [-0.39, 0.29) is 0 Å². The molecule has 137 valence electrons. The van der Waals surface area contributed by atoms with Gasteiger partial charge in [0.05, 0.1) is 5.69 Å². The molecule has 3 aromatic rings. The summed E-state index contributed by atoms with van der Waals surface area (Å²) in [4.78, 5) is 16.8. The van der Waals surface area contributed by atoms with Crippen LogP contribution in [-0.2, 0) is 0 Å². The number of carbonyl (C=O) groups is 1. The molecule has 1 aromatic heterocycles. The molecule has 0 unspecified atom stereocenters. The van der Waals surface area contributed by atoms with Crippen LogP contribution in [0.5, 0.6) is 0 Å². The molecule has 1 radical (unpaired) electrons. The molecule has 0 bridgehead atoms. The molecule has 6 heteroatoms. The van der Waals surface area contributed by atoms with Crippen molar-refractivity contribution in [3.8, 4) is 22.4 Å². The van der Waals surface area contributed by atoms with Crippen molar-refractivity contribution in [2.24, 2.45) is 5.73 Å². The number of carbonyl (C=O) groups excluding carboxylic acids is 1. The molecule has 0 atom stereocenters. The molecule has 4 rings (SSSR count). The number of rotatable bonds is 4. The van der Waals surface area contributed by atoms with Crippen molar-refractivity contribution in [1.82, 2.24) is 15.1 Å². The predicted octanol–water partition coefficient (Wildman–Crippen LogP) is 2.39. The van der Waals surface area contributed by atoms with Crippen molar-refractivity contribution in [2.75, 3.05) is 38.1 Å². The standard InChI is InChI=1S/C21H22N5O/c1-25-10-12-26(13-11-25)16-5-2-4-15(14-16)20-17(19-8-9-23-24-19)6-3-7-18(20)21(22)27/h2-5,7-9,14H,10-13H2,1H3,(H2,22,27)(H,23,24). The second-order valence-corrected chi connectivity index (χ2v) is 6.81. The Morgan fingerprint density at radius 2 is 2.00 bits per heavy atom. The summed E-state index contributed by atoms with van der Waals surface area (Å²) >= 11 is 0. The largest absolute Gasteiger partial charge is 0.369 e. The first-order valence-corrected chi connectivity index (χ1v) is 9.02. The lowest BCUT2D eigenvalue weighted by atomic mass is 9.92. The fourth-order valence-electron chi connectivity index (χ4n) is 3.53. The molecule has 1 aliphatic rings. The van der Waals surface area contributed by atoms with E-state index in [1.807, 2.05) is 18.2 Å². The summed E-state index contributed by atoms with van der Waals surface area (Å²) in [7, 11) is 2.14. The van der Waals surface area contributed by atoms with E-state index >= 15 is 0 Å². The molecule has 1 fully saturated rings. The highest BCUT2D eigenvalue weighted by Crippen LogP contribution is 2.35. The molecule has 2 aromatic carbocycles. The van der Waals surface area contributed by atoms with Gasteiger partial charge in [0.1, 0.15) is 0 Å². The quantitative estimate of drug-likeness (QED) is 0.749. The van der Waals surface area contributed by atoms with Crippen LogP contribution in [0.25, 0.3) is 22.4 Å². The Labute approximate surface area is 158 Å². The summed E-state index contributed by atoms with van der Waals surface area (Å²) in [6, 6.07) is 16.8. The van der Waals surface area contributed by atoms with E-state index in [0.717, 1.165) is 54.3 Å². The van der Waals surface area contributed by atoms with Crippen LogP contribution in [0.3, 0.4) is 0 Å². The summed E-state index contributed by atoms with van der Waals surface area (Å²) < 4.78 is 0. The van der Waals surface area contributed by atoms with E-state index in [1.165, 1.54) is 0 Å². The molecule has 6 nitrogen and oxygen atoms in total. The van der Waals surface area contributed by atoms with Crippen molar-refractivity contribution in [1.29, 1.82) is 0 Å². The topological polar surface area (TPSA) is 78.2 Å². The number of nitrogens with zero attached hydrogens (tertiary/aromatic N) is 3. The van der Waals surface area contributed by atoms with Crippen LogP contribution in [-0.4, -0.2) is 54.2 Å². The van der Waals surface area contributed by atoms with Crippen LogP contribution in [0, 0.1) is 6.07 Å². The number of primary amides is 1. The van der Waals surface area contributed by atoms with Crippen molar-refractivity contribution in [3.63, 3.8) is 0 Å². The Morgan fingerprint density at radius 3 is 2.70 bits per heavy atom. The number of likely N-dealkylation sites (N-methyl/N-ethyl adjacent to an activating group) is 1. The van der Waals surface area contributed by atoms with E-state index in [2.05, 4.69) is 45.2 Å². The van der Waals surface area contributed by atoms with Gasteiger partial charge in [-0.3, -0.25) is 9.89 Å². The number of H-pyrrole nitrogens is 1. The Balaban J connectivity index is 1.81. The van der Waals surface area contributed by atoms with Gasteiger partial charge in [-0.05, 0) is 42.9 Å². The summed E-state index contributed by atoms with van der Waals surface area (Å²) in [5, 5.41) is 7.09. The average Bonchev–Trinajstić information content (AvgIpc) is 3.23. The molecule has 2 heterocycles. The van der Waals surface area contributed by atoms with Gasteiger partial charge >= 0.3 is 0 Å². The first-order valence-electron chi connectivity index (χ1n) is 9.02. The van der Waals surface area contributed by atoms with Gasteiger partial charge in [-0.25, -0.2) is 0 Å². The zero-order valence-electron chi connectivity index (χ0n) is 15.3. The van der Waals surface area contributed by atoms with E-state index in [9.17, 15) is 4.79 Å². The number of hydrogen-bond acceptors (Lipinski definition) is 4. The molecule has 0 saturated carbocycles. The third kappa shape index (κ3) is 3.44. The maximum Gasteiger partial charge on any atom is 0.249 e. The molecule has 1 amide bonds. The second-order valence-electron chi connectivity index (χ2n) is 6.81. The number of aromatic amines is 1. The highest BCUT2D eigenvalue weighted by Gasteiger charge is 2.19. The normalized spacial score (nSPS) is 15.1. The molecule has 0 aliphatic carbocycles. The number of anilines is 1. The van der Waals surface area contributed by atoms with Crippen LogP contribution < -0.4 is 10.6 Å². The molecule has 3 N–H and O–H groups in total. The van der Waals surface area contributed by atoms with E-state index in [1.54, 1.807) is 18.3 Å². The monoisotopic (exact) mass is 360 g/mol. The maximum absolute atomic E-state index is 12.1. The molecular weight excluding hydrogens is 338 g/mol. The molecule has 0 spiro atoms. The minimum atomic E-state index is -0.458. The Morgan fingerprint density at radius 1 is 1.19 bits per heavy atom. The molecule has 1 aliphatic heterocycles. The summed E-state index contributed by atoms with van der Waals surface area (Å²) in [6.07, 6.45) is 1.75. The minimum Gasteiger partial charge on any atom is -0.369 e. The van der Waals surface area contributed by atoms with Gasteiger partial charge in [0.2, 0.25) is 5.91 Å². The van der Waals surface area contributed by atoms with Crippen molar-refractivity contribution in [3.05, 3.63) is 60.3 Å². The number of benzene rings is 2. The van der Waals surface area contributed by atoms with Gasteiger partial charge in [-0.2, -0.15) is 5.10 Å². The van der Waals surface area contributed by atoms with Gasteiger partial charge in [0.15, 0.2) is 0 Å². The average molecular weight is 360 g/mol. The summed E-state index contributed by atoms with van der Waals surface area (Å²) in [6.45, 7) is 4.04. The fraction of sp³-hybridized carbons (Fsp3) is 0.238. The summed E-state index contributed by atoms with van der Waals surface area (Å²) in [5.74, 6) is -0.458. The zero-order chi connectivity index (χ0) is 18.8. The zero-order valence-corrected chi connectivity index (χ0v) is 15.3. The van der Waals surface area contributed by atoms with E-state index in [4.69, 9.17) is 5.73 Å². The molecular formula is C21H22N5O.